The first-order valence-corrected chi connectivity index (χ1v) is 11.3. The Balaban J connectivity index is 2.25. The van der Waals surface area contributed by atoms with Crippen molar-refractivity contribution in [1.82, 2.24) is 4.90 Å². The molecule has 0 bridgehead atoms. The van der Waals surface area contributed by atoms with Crippen LogP contribution in [0.5, 0.6) is 0 Å². The van der Waals surface area contributed by atoms with E-state index in [-0.39, 0.29) is 33.0 Å². The van der Waals surface area contributed by atoms with Gasteiger partial charge in [0.2, 0.25) is 0 Å². The minimum absolute atomic E-state index is 0.0240. The van der Waals surface area contributed by atoms with Crippen LogP contribution in [0.1, 0.15) is 29.7 Å². The first kappa shape index (κ1) is 23.8. The van der Waals surface area contributed by atoms with Crippen LogP contribution in [0.4, 0.5) is 23.7 Å². The molecule has 0 aromatic heterocycles. The molecule has 0 saturated heterocycles. The normalized spacial score (nSPS) is 17.1. The zero-order chi connectivity index (χ0) is 24.7. The highest BCUT2D eigenvalue weighted by molar-refractivity contribution is 7.90. The number of benzene rings is 2. The van der Waals surface area contributed by atoms with E-state index in [1.165, 1.54) is 32.2 Å². The summed E-state index contributed by atoms with van der Waals surface area (Å²) in [7, 11) is -2.53. The van der Waals surface area contributed by atoms with Gasteiger partial charge in [-0.25, -0.2) is 13.2 Å². The quantitative estimate of drug-likeness (QED) is 0.656. The van der Waals surface area contributed by atoms with Crippen molar-refractivity contribution < 1.29 is 26.4 Å². The second kappa shape index (κ2) is 8.26. The molecule has 1 heterocycles. The molecule has 2 amide bonds. The molecule has 1 aliphatic heterocycles. The third-order valence-electron chi connectivity index (χ3n) is 5.27. The van der Waals surface area contributed by atoms with Gasteiger partial charge in [-0.3, -0.25) is 4.90 Å². The largest absolute Gasteiger partial charge is 0.416 e. The van der Waals surface area contributed by atoms with Crippen molar-refractivity contribution in [2.75, 3.05) is 18.2 Å². The molecular formula is C22H17F3N4O3S. The minimum Gasteiger partial charge on any atom is -0.315 e. The van der Waals surface area contributed by atoms with Crippen molar-refractivity contribution in [2.45, 2.75) is 24.0 Å². The van der Waals surface area contributed by atoms with Crippen molar-refractivity contribution >= 4 is 21.6 Å². The molecule has 3 rings (SSSR count). The fraction of sp³-hybridized carbons (Fsp3) is 0.227. The maximum absolute atomic E-state index is 13.3. The fourth-order valence-corrected chi connectivity index (χ4v) is 4.65. The number of alkyl halides is 3. The third-order valence-corrected chi connectivity index (χ3v) is 6.42. The van der Waals surface area contributed by atoms with Crippen molar-refractivity contribution in [2.24, 2.45) is 0 Å². The van der Waals surface area contributed by atoms with Crippen LogP contribution >= 0.6 is 0 Å². The van der Waals surface area contributed by atoms with Gasteiger partial charge in [0, 0.05) is 19.0 Å². The van der Waals surface area contributed by atoms with E-state index in [2.05, 4.69) is 0 Å². The zero-order valence-electron chi connectivity index (χ0n) is 17.7. The predicted octanol–water partition coefficient (Wildman–Crippen LogP) is 4.39. The van der Waals surface area contributed by atoms with Gasteiger partial charge in [-0.05, 0) is 42.8 Å². The van der Waals surface area contributed by atoms with Crippen LogP contribution in [0.3, 0.4) is 0 Å². The summed E-state index contributed by atoms with van der Waals surface area (Å²) in [6.45, 7) is 1.40. The number of halogens is 3. The van der Waals surface area contributed by atoms with Crippen LogP contribution in [-0.2, 0) is 16.0 Å². The highest BCUT2D eigenvalue weighted by Gasteiger charge is 2.40. The third kappa shape index (κ3) is 4.28. The number of allylic oxidation sites excluding steroid dienone is 1. The highest BCUT2D eigenvalue weighted by Crippen LogP contribution is 2.41. The van der Waals surface area contributed by atoms with Crippen LogP contribution in [0, 0.1) is 22.7 Å². The van der Waals surface area contributed by atoms with Crippen LogP contribution in [0.15, 0.2) is 58.6 Å². The summed E-state index contributed by atoms with van der Waals surface area (Å²) in [5.74, 6) is 0. The van der Waals surface area contributed by atoms with Crippen molar-refractivity contribution in [1.29, 1.82) is 10.5 Å². The fourth-order valence-electron chi connectivity index (χ4n) is 3.71. The van der Waals surface area contributed by atoms with Gasteiger partial charge in [0.25, 0.3) is 0 Å². The monoisotopic (exact) mass is 474 g/mol. The maximum Gasteiger partial charge on any atom is 0.416 e. The average molecular weight is 474 g/mol. The number of likely N-dealkylation sites (N-methyl/N-ethyl adjacent to an activating group) is 1. The van der Waals surface area contributed by atoms with Gasteiger partial charge in [-0.15, -0.1) is 0 Å². The van der Waals surface area contributed by atoms with Gasteiger partial charge in [-0.2, -0.15) is 23.7 Å². The Morgan fingerprint density at radius 1 is 1.06 bits per heavy atom. The van der Waals surface area contributed by atoms with Gasteiger partial charge >= 0.3 is 12.2 Å². The number of nitrogens with zero attached hydrogens (tertiary/aromatic N) is 4. The maximum atomic E-state index is 13.3. The van der Waals surface area contributed by atoms with Crippen molar-refractivity contribution in [3.8, 4) is 12.1 Å². The molecule has 1 atom stereocenters. The number of amides is 2. The molecular weight excluding hydrogens is 457 g/mol. The number of urea groups is 1. The van der Waals surface area contributed by atoms with E-state index in [0.29, 0.717) is 0 Å². The Bertz CT molecular complexity index is 1370. The Hall–Kier alpha value is -3.83. The summed E-state index contributed by atoms with van der Waals surface area (Å²) < 4.78 is 64.4. The predicted molar refractivity (Wildman–Crippen MR) is 112 cm³/mol. The van der Waals surface area contributed by atoms with Crippen molar-refractivity contribution in [3.05, 3.63) is 70.4 Å². The molecule has 0 unspecified atom stereocenters. The lowest BCUT2D eigenvalue weighted by molar-refractivity contribution is -0.137. The molecule has 0 N–H and O–H groups in total. The summed E-state index contributed by atoms with van der Waals surface area (Å²) in [6.07, 6.45) is -3.69. The number of nitriles is 2. The Kier molecular flexibility index (Phi) is 5.96. The van der Waals surface area contributed by atoms with E-state index < -0.39 is 33.6 Å². The summed E-state index contributed by atoms with van der Waals surface area (Å²) >= 11 is 0. The molecule has 0 saturated carbocycles. The van der Waals surface area contributed by atoms with E-state index in [1.807, 2.05) is 12.1 Å². The lowest BCUT2D eigenvalue weighted by Gasteiger charge is -2.40. The number of carbonyl (C=O) groups excluding carboxylic acids is 1. The van der Waals surface area contributed by atoms with E-state index >= 15 is 0 Å². The topological polar surface area (TPSA) is 105 Å². The number of hydrogen-bond donors (Lipinski definition) is 0. The molecule has 0 radical (unpaired) electrons. The Morgan fingerprint density at radius 3 is 2.27 bits per heavy atom. The standard InChI is InChI=1S/C22H17F3N4O3S/c1-13-18(12-27)20(17-8-7-14(11-26)9-19(17)33(3,31)32)28(2)21(30)29(13)16-6-4-5-15(10-16)22(23,24)25/h4-10,20H,1-3H3/t20-/m0/s1. The Labute approximate surface area is 188 Å². The lowest BCUT2D eigenvalue weighted by Crippen LogP contribution is -2.47. The second-order valence-corrected chi connectivity index (χ2v) is 9.41. The molecule has 11 heteroatoms. The van der Waals surface area contributed by atoms with Gasteiger partial charge in [0.1, 0.15) is 0 Å². The van der Waals surface area contributed by atoms with Crippen LogP contribution in [0.25, 0.3) is 0 Å². The number of sulfone groups is 1. The van der Waals surface area contributed by atoms with Crippen LogP contribution in [-0.4, -0.2) is 32.7 Å². The van der Waals surface area contributed by atoms with E-state index in [1.54, 1.807) is 0 Å². The average Bonchev–Trinajstić information content (AvgIpc) is 2.75. The number of carbonyl (C=O) groups is 1. The van der Waals surface area contributed by atoms with E-state index in [0.717, 1.165) is 40.3 Å². The molecule has 0 spiro atoms. The van der Waals surface area contributed by atoms with E-state index in [9.17, 15) is 31.6 Å². The number of anilines is 1. The highest BCUT2D eigenvalue weighted by atomic mass is 32.2. The molecule has 7 nitrogen and oxygen atoms in total. The molecule has 1 aliphatic rings. The van der Waals surface area contributed by atoms with Gasteiger partial charge in [0.15, 0.2) is 9.84 Å². The summed E-state index contributed by atoms with van der Waals surface area (Å²) in [5, 5.41) is 19.0. The summed E-state index contributed by atoms with van der Waals surface area (Å²) in [5.41, 5.74) is -0.831. The van der Waals surface area contributed by atoms with Gasteiger partial charge < -0.3 is 4.90 Å². The SMILES string of the molecule is CC1=C(C#N)[C@H](c2ccc(C#N)cc2S(C)(=O)=O)N(C)C(=O)N1c1cccc(C(F)(F)F)c1. The minimum atomic E-state index is -4.63. The smallest absolute Gasteiger partial charge is 0.315 e. The zero-order valence-corrected chi connectivity index (χ0v) is 18.5. The summed E-state index contributed by atoms with van der Waals surface area (Å²) in [6, 6.07) is 9.95. The molecule has 2 aromatic rings. The Morgan fingerprint density at radius 2 is 1.73 bits per heavy atom. The van der Waals surface area contributed by atoms with Crippen molar-refractivity contribution in [3.63, 3.8) is 0 Å². The van der Waals surface area contributed by atoms with Gasteiger partial charge in [-0.1, -0.05) is 12.1 Å². The first-order valence-electron chi connectivity index (χ1n) is 9.40. The molecule has 0 aliphatic carbocycles. The number of hydrogen-bond acceptors (Lipinski definition) is 5. The van der Waals surface area contributed by atoms with E-state index in [4.69, 9.17) is 5.26 Å². The lowest BCUT2D eigenvalue weighted by atomic mass is 9.93. The van der Waals surface area contributed by atoms with Gasteiger partial charge in [0.05, 0.1) is 45.5 Å². The number of rotatable bonds is 3. The molecule has 170 valence electrons. The molecule has 0 fully saturated rings. The molecule has 33 heavy (non-hydrogen) atoms. The summed E-state index contributed by atoms with van der Waals surface area (Å²) in [4.78, 5) is 15.1. The van der Waals surface area contributed by atoms with Crippen LogP contribution < -0.4 is 4.90 Å². The molecule has 2 aromatic carbocycles. The van der Waals surface area contributed by atoms with Crippen LogP contribution in [0.2, 0.25) is 0 Å². The first-order chi connectivity index (χ1) is 15.3. The second-order valence-electron chi connectivity index (χ2n) is 7.43.